The highest BCUT2D eigenvalue weighted by Crippen LogP contribution is 2.23. The SMILES string of the molecule is CC[C@@H](C)[C@H](N=C1NS(=O)(=O)c2ccccc21)C(=O)[O-]. The van der Waals surface area contributed by atoms with E-state index < -0.39 is 22.0 Å². The number of carboxylic acids is 1. The smallest absolute Gasteiger partial charge is 0.263 e. The highest BCUT2D eigenvalue weighted by Gasteiger charge is 2.31. The van der Waals surface area contributed by atoms with Gasteiger partial charge in [0.2, 0.25) is 0 Å². The number of sulfonamides is 1. The molecule has 0 amide bonds. The van der Waals surface area contributed by atoms with E-state index in [1.165, 1.54) is 6.07 Å². The molecule has 6 nitrogen and oxygen atoms in total. The number of benzene rings is 1. The maximum absolute atomic E-state index is 11.9. The zero-order chi connectivity index (χ0) is 14.9. The van der Waals surface area contributed by atoms with E-state index >= 15 is 0 Å². The number of rotatable bonds is 4. The minimum atomic E-state index is -3.65. The van der Waals surface area contributed by atoms with Crippen LogP contribution in [0.2, 0.25) is 0 Å². The van der Waals surface area contributed by atoms with Crippen molar-refractivity contribution in [1.29, 1.82) is 0 Å². The highest BCUT2D eigenvalue weighted by molar-refractivity contribution is 7.90. The third kappa shape index (κ3) is 2.53. The second-order valence-corrected chi connectivity index (χ2v) is 6.38. The first-order valence-electron chi connectivity index (χ1n) is 6.27. The van der Waals surface area contributed by atoms with Crippen molar-refractivity contribution in [2.45, 2.75) is 31.2 Å². The van der Waals surface area contributed by atoms with Gasteiger partial charge in [0.15, 0.2) is 0 Å². The molecule has 20 heavy (non-hydrogen) atoms. The molecular formula is C13H15N2O4S-. The van der Waals surface area contributed by atoms with Crippen molar-refractivity contribution >= 4 is 21.8 Å². The number of nitrogens with one attached hydrogen (secondary N) is 1. The number of aliphatic carboxylic acids is 1. The summed E-state index contributed by atoms with van der Waals surface area (Å²) in [4.78, 5) is 15.3. The number of carbonyl (C=O) groups is 1. The van der Waals surface area contributed by atoms with Crippen molar-refractivity contribution in [2.75, 3.05) is 0 Å². The molecule has 0 fully saturated rings. The van der Waals surface area contributed by atoms with Gasteiger partial charge in [0.25, 0.3) is 10.0 Å². The summed E-state index contributed by atoms with van der Waals surface area (Å²) >= 11 is 0. The van der Waals surface area contributed by atoms with Crippen molar-refractivity contribution in [3.8, 4) is 0 Å². The molecule has 0 aromatic heterocycles. The number of amidine groups is 1. The summed E-state index contributed by atoms with van der Waals surface area (Å²) in [6, 6.07) is 5.25. The Morgan fingerprint density at radius 1 is 1.40 bits per heavy atom. The lowest BCUT2D eigenvalue weighted by Gasteiger charge is -2.20. The molecule has 0 bridgehead atoms. The van der Waals surface area contributed by atoms with Gasteiger partial charge >= 0.3 is 0 Å². The summed E-state index contributed by atoms with van der Waals surface area (Å²) in [6.45, 7) is 3.58. The average Bonchev–Trinajstić information content (AvgIpc) is 2.67. The Balaban J connectivity index is 2.49. The molecule has 0 spiro atoms. The summed E-state index contributed by atoms with van der Waals surface area (Å²) in [7, 11) is -3.65. The maximum atomic E-state index is 11.9. The van der Waals surface area contributed by atoms with E-state index in [1.807, 2.05) is 6.92 Å². The van der Waals surface area contributed by atoms with Gasteiger partial charge in [-0.2, -0.15) is 0 Å². The highest BCUT2D eigenvalue weighted by atomic mass is 32.2. The van der Waals surface area contributed by atoms with Crippen LogP contribution in [0, 0.1) is 5.92 Å². The Bertz CT molecular complexity index is 667. The molecular weight excluding hydrogens is 280 g/mol. The predicted octanol–water partition coefficient (Wildman–Crippen LogP) is -0.110. The Kier molecular flexibility index (Phi) is 3.80. The van der Waals surface area contributed by atoms with Gasteiger partial charge < -0.3 is 9.90 Å². The third-order valence-electron chi connectivity index (χ3n) is 3.36. The van der Waals surface area contributed by atoms with Gasteiger partial charge in [-0.3, -0.25) is 9.71 Å². The molecule has 0 aliphatic carbocycles. The summed E-state index contributed by atoms with van der Waals surface area (Å²) in [5, 5.41) is 11.2. The molecule has 2 atom stereocenters. The molecule has 7 heteroatoms. The van der Waals surface area contributed by atoms with Crippen LogP contribution in [0.3, 0.4) is 0 Å². The number of nitrogens with zero attached hydrogens (tertiary/aromatic N) is 1. The lowest BCUT2D eigenvalue weighted by Crippen LogP contribution is -2.40. The van der Waals surface area contributed by atoms with Crippen LogP contribution in [0.4, 0.5) is 0 Å². The zero-order valence-electron chi connectivity index (χ0n) is 11.2. The molecule has 0 saturated carbocycles. The fourth-order valence-corrected chi connectivity index (χ4v) is 3.24. The number of carbonyl (C=O) groups excluding carboxylic acids is 1. The van der Waals surface area contributed by atoms with E-state index in [0.717, 1.165) is 0 Å². The molecule has 0 unspecified atom stereocenters. The van der Waals surface area contributed by atoms with E-state index in [0.29, 0.717) is 12.0 Å². The minimum Gasteiger partial charge on any atom is -0.548 e. The number of carboxylic acid groups (broad SMARTS) is 1. The van der Waals surface area contributed by atoms with E-state index in [1.54, 1.807) is 25.1 Å². The minimum absolute atomic E-state index is 0.0649. The molecule has 0 saturated heterocycles. The Hall–Kier alpha value is -1.89. The van der Waals surface area contributed by atoms with Crippen molar-refractivity contribution in [3.63, 3.8) is 0 Å². The fourth-order valence-electron chi connectivity index (χ4n) is 2.00. The second kappa shape index (κ2) is 5.24. The maximum Gasteiger partial charge on any atom is 0.263 e. The van der Waals surface area contributed by atoms with E-state index in [4.69, 9.17) is 0 Å². The lowest BCUT2D eigenvalue weighted by molar-refractivity contribution is -0.308. The average molecular weight is 295 g/mol. The first kappa shape index (κ1) is 14.5. The summed E-state index contributed by atoms with van der Waals surface area (Å²) in [5.74, 6) is -1.49. The summed E-state index contributed by atoms with van der Waals surface area (Å²) in [6.07, 6.45) is 0.601. The van der Waals surface area contributed by atoms with Gasteiger partial charge in [-0.05, 0) is 18.1 Å². The third-order valence-corrected chi connectivity index (χ3v) is 4.75. The van der Waals surface area contributed by atoms with Crippen LogP contribution < -0.4 is 9.83 Å². The largest absolute Gasteiger partial charge is 0.548 e. The van der Waals surface area contributed by atoms with E-state index in [9.17, 15) is 18.3 Å². The number of aliphatic imine (C=N–C) groups is 1. The van der Waals surface area contributed by atoms with Gasteiger partial charge in [0, 0.05) is 5.56 Å². The molecule has 1 N–H and O–H groups in total. The van der Waals surface area contributed by atoms with Crippen LogP contribution in [0.25, 0.3) is 0 Å². The first-order valence-corrected chi connectivity index (χ1v) is 7.76. The molecule has 1 aromatic rings. The van der Waals surface area contributed by atoms with Crippen molar-refractivity contribution in [2.24, 2.45) is 10.9 Å². The van der Waals surface area contributed by atoms with Crippen molar-refractivity contribution in [3.05, 3.63) is 29.8 Å². The Morgan fingerprint density at radius 3 is 2.65 bits per heavy atom. The van der Waals surface area contributed by atoms with Crippen LogP contribution in [0.1, 0.15) is 25.8 Å². The first-order chi connectivity index (χ1) is 9.36. The second-order valence-electron chi connectivity index (χ2n) is 4.73. The summed E-state index contributed by atoms with van der Waals surface area (Å²) < 4.78 is 26.1. The monoisotopic (exact) mass is 295 g/mol. The molecule has 2 rings (SSSR count). The molecule has 1 aliphatic rings. The van der Waals surface area contributed by atoms with Gasteiger partial charge in [0.1, 0.15) is 5.84 Å². The molecule has 1 aliphatic heterocycles. The number of fused-ring (bicyclic) bond motifs is 1. The van der Waals surface area contributed by atoms with Crippen molar-refractivity contribution < 1.29 is 18.3 Å². The Labute approximate surface area is 117 Å². The van der Waals surface area contributed by atoms with Crippen LogP contribution in [0.5, 0.6) is 0 Å². The van der Waals surface area contributed by atoms with Gasteiger partial charge in [-0.15, -0.1) is 0 Å². The van der Waals surface area contributed by atoms with E-state index in [2.05, 4.69) is 9.71 Å². The fraction of sp³-hybridized carbons (Fsp3) is 0.385. The van der Waals surface area contributed by atoms with E-state index in [-0.39, 0.29) is 16.6 Å². The van der Waals surface area contributed by atoms with Crippen LogP contribution in [-0.2, 0) is 14.8 Å². The van der Waals surface area contributed by atoms with Crippen molar-refractivity contribution in [1.82, 2.24) is 4.72 Å². The quantitative estimate of drug-likeness (QED) is 0.837. The zero-order valence-corrected chi connectivity index (χ0v) is 12.0. The van der Waals surface area contributed by atoms with Crippen LogP contribution >= 0.6 is 0 Å². The summed E-state index contributed by atoms with van der Waals surface area (Å²) in [5.41, 5.74) is 0.391. The molecule has 0 radical (unpaired) electrons. The predicted molar refractivity (Wildman–Crippen MR) is 71.6 cm³/mol. The molecule has 108 valence electrons. The molecule has 1 aromatic carbocycles. The topological polar surface area (TPSA) is 98.7 Å². The Morgan fingerprint density at radius 2 is 2.05 bits per heavy atom. The van der Waals surface area contributed by atoms with Gasteiger partial charge in [-0.25, -0.2) is 8.42 Å². The van der Waals surface area contributed by atoms with Gasteiger partial charge in [-0.1, -0.05) is 32.4 Å². The lowest BCUT2D eigenvalue weighted by atomic mass is 10.00. The number of hydrogen-bond acceptors (Lipinski definition) is 5. The normalized spacial score (nSPS) is 21.0. The standard InChI is InChI=1S/C13H16N2O4S/c1-3-8(2)11(13(16)17)14-12-9-6-4-5-7-10(9)20(18,19)15-12/h4-8,11H,3H2,1-2H3,(H,14,15)(H,16,17)/p-1/t8-,11+/m1/s1. The molecule has 1 heterocycles. The van der Waals surface area contributed by atoms with Gasteiger partial charge in [0.05, 0.1) is 16.9 Å². The van der Waals surface area contributed by atoms with Crippen LogP contribution in [0.15, 0.2) is 34.2 Å². The van der Waals surface area contributed by atoms with Crippen LogP contribution in [-0.4, -0.2) is 26.3 Å². The number of hydrogen-bond donors (Lipinski definition) is 1.